The molecule has 0 atom stereocenters. The van der Waals surface area contributed by atoms with Crippen LogP contribution in [0.2, 0.25) is 0 Å². The summed E-state index contributed by atoms with van der Waals surface area (Å²) in [5.41, 5.74) is 4.46. The minimum absolute atomic E-state index is 0.191. The summed E-state index contributed by atoms with van der Waals surface area (Å²) in [7, 11) is 0. The summed E-state index contributed by atoms with van der Waals surface area (Å²) in [6.07, 6.45) is 1.63. The van der Waals surface area contributed by atoms with E-state index >= 15 is 0 Å². The van der Waals surface area contributed by atoms with Gasteiger partial charge in [-0.3, -0.25) is 9.36 Å². The molecule has 3 aromatic rings. The second kappa shape index (κ2) is 9.81. The summed E-state index contributed by atoms with van der Waals surface area (Å²) < 4.78 is 2.97. The number of amides is 1. The first kappa shape index (κ1) is 20.5. The molecule has 1 aromatic carbocycles. The van der Waals surface area contributed by atoms with Gasteiger partial charge in [-0.05, 0) is 30.5 Å². The quantitative estimate of drug-likeness (QED) is 0.224. The van der Waals surface area contributed by atoms with E-state index < -0.39 is 0 Å². The molecule has 28 heavy (non-hydrogen) atoms. The minimum atomic E-state index is -0.201. The van der Waals surface area contributed by atoms with Crippen molar-refractivity contribution in [1.82, 2.24) is 20.2 Å². The van der Waals surface area contributed by atoms with Crippen molar-refractivity contribution >= 4 is 51.2 Å². The summed E-state index contributed by atoms with van der Waals surface area (Å²) >= 11 is 6.31. The topological polar surface area (TPSA) is 72.2 Å². The molecule has 0 saturated heterocycles. The average Bonchev–Trinajstić information content (AvgIpc) is 3.31. The lowest BCUT2D eigenvalue weighted by Gasteiger charge is -2.10. The number of thioether (sulfide) groups is 1. The van der Waals surface area contributed by atoms with Crippen LogP contribution in [0.5, 0.6) is 0 Å². The van der Waals surface area contributed by atoms with Gasteiger partial charge in [0, 0.05) is 21.5 Å². The molecule has 9 heteroatoms. The monoisotopic (exact) mass is 475 g/mol. The number of nitrogens with one attached hydrogen (secondary N) is 1. The number of carbonyl (C=O) groups is 1. The average molecular weight is 476 g/mol. The molecule has 0 aliphatic rings. The number of hydrazone groups is 1. The summed E-state index contributed by atoms with van der Waals surface area (Å²) in [4.78, 5) is 13.1. The number of allylic oxidation sites excluding steroid dienone is 1. The predicted octanol–water partition coefficient (Wildman–Crippen LogP) is 4.59. The zero-order valence-electron chi connectivity index (χ0n) is 15.1. The van der Waals surface area contributed by atoms with Gasteiger partial charge < -0.3 is 0 Å². The number of nitrogens with zero attached hydrogens (tertiary/aromatic N) is 4. The van der Waals surface area contributed by atoms with E-state index in [0.717, 1.165) is 26.3 Å². The van der Waals surface area contributed by atoms with Crippen LogP contribution in [-0.4, -0.2) is 32.6 Å². The molecule has 1 N–H and O–H groups in total. The van der Waals surface area contributed by atoms with Gasteiger partial charge in [-0.1, -0.05) is 58.0 Å². The highest BCUT2D eigenvalue weighted by molar-refractivity contribution is 9.10. The molecule has 0 unspecified atom stereocenters. The fourth-order valence-electron chi connectivity index (χ4n) is 2.32. The van der Waals surface area contributed by atoms with Crippen molar-refractivity contribution in [3.8, 4) is 11.4 Å². The molecule has 0 radical (unpaired) electrons. The van der Waals surface area contributed by atoms with Gasteiger partial charge in [-0.2, -0.15) is 5.10 Å². The van der Waals surface area contributed by atoms with Gasteiger partial charge >= 0.3 is 0 Å². The Bertz CT molecular complexity index is 980. The lowest BCUT2D eigenvalue weighted by molar-refractivity contribution is -0.118. The van der Waals surface area contributed by atoms with Crippen molar-refractivity contribution in [2.24, 2.45) is 5.10 Å². The molecule has 2 heterocycles. The van der Waals surface area contributed by atoms with Crippen molar-refractivity contribution in [1.29, 1.82) is 0 Å². The third-order valence-corrected chi connectivity index (χ3v) is 5.81. The number of hydrogen-bond donors (Lipinski definition) is 1. The van der Waals surface area contributed by atoms with Crippen LogP contribution in [0.15, 0.2) is 68.7 Å². The molecule has 3 rings (SSSR count). The van der Waals surface area contributed by atoms with Crippen molar-refractivity contribution < 1.29 is 4.79 Å². The number of rotatable bonds is 8. The normalized spacial score (nSPS) is 11.1. The van der Waals surface area contributed by atoms with Gasteiger partial charge in [0.2, 0.25) is 0 Å². The molecule has 0 aliphatic carbocycles. The van der Waals surface area contributed by atoms with Crippen LogP contribution in [0.3, 0.4) is 0 Å². The van der Waals surface area contributed by atoms with E-state index in [-0.39, 0.29) is 11.7 Å². The number of hydrogen-bond acceptors (Lipinski definition) is 6. The molecule has 2 aromatic heterocycles. The number of halogens is 1. The van der Waals surface area contributed by atoms with E-state index in [2.05, 4.69) is 43.2 Å². The maximum absolute atomic E-state index is 12.1. The van der Waals surface area contributed by atoms with Gasteiger partial charge in [-0.25, -0.2) is 5.43 Å². The Morgan fingerprint density at radius 1 is 1.36 bits per heavy atom. The summed E-state index contributed by atoms with van der Waals surface area (Å²) in [6, 6.07) is 11.7. The molecule has 0 spiro atoms. The fourth-order valence-corrected chi connectivity index (χ4v) is 3.89. The molecule has 0 aliphatic heterocycles. The van der Waals surface area contributed by atoms with Gasteiger partial charge in [0.25, 0.3) is 5.91 Å². The third-order valence-electron chi connectivity index (χ3n) is 3.50. The van der Waals surface area contributed by atoms with Gasteiger partial charge in [-0.15, -0.1) is 21.5 Å². The highest BCUT2D eigenvalue weighted by Crippen LogP contribution is 2.26. The largest absolute Gasteiger partial charge is 0.298 e. The first-order valence-electron chi connectivity index (χ1n) is 8.34. The predicted molar refractivity (Wildman–Crippen MR) is 119 cm³/mol. The number of thiophene rings is 1. The Hall–Kier alpha value is -2.23. The second-order valence-electron chi connectivity index (χ2n) is 5.95. The maximum atomic E-state index is 12.1. The summed E-state index contributed by atoms with van der Waals surface area (Å²) in [5, 5.41) is 15.2. The Morgan fingerprint density at radius 3 is 2.82 bits per heavy atom. The van der Waals surface area contributed by atoms with Crippen LogP contribution in [0.1, 0.15) is 11.8 Å². The Morgan fingerprint density at radius 2 is 2.14 bits per heavy atom. The number of benzene rings is 1. The molecule has 0 fully saturated rings. The molecule has 1 amide bonds. The van der Waals surface area contributed by atoms with E-state index in [4.69, 9.17) is 0 Å². The molecule has 0 bridgehead atoms. The summed E-state index contributed by atoms with van der Waals surface area (Å²) in [6.45, 7) is 6.52. The van der Waals surface area contributed by atoms with E-state index in [1.165, 1.54) is 11.8 Å². The zero-order valence-corrected chi connectivity index (χ0v) is 18.4. The molecular formula is C19H18BrN5OS2. The van der Waals surface area contributed by atoms with Crippen LogP contribution < -0.4 is 5.43 Å². The van der Waals surface area contributed by atoms with Crippen LogP contribution in [0.25, 0.3) is 11.4 Å². The van der Waals surface area contributed by atoms with Crippen molar-refractivity contribution in [3.05, 3.63) is 63.3 Å². The highest BCUT2D eigenvalue weighted by Gasteiger charge is 2.15. The van der Waals surface area contributed by atoms with Crippen LogP contribution in [0.4, 0.5) is 0 Å². The first-order chi connectivity index (χ1) is 13.5. The summed E-state index contributed by atoms with van der Waals surface area (Å²) in [5.74, 6) is 0.734. The Balaban J connectivity index is 1.68. The van der Waals surface area contributed by atoms with E-state index in [0.29, 0.717) is 11.7 Å². The Labute approximate surface area is 179 Å². The van der Waals surface area contributed by atoms with Gasteiger partial charge in [0.05, 0.1) is 12.0 Å². The highest BCUT2D eigenvalue weighted by atomic mass is 79.9. The van der Waals surface area contributed by atoms with Crippen molar-refractivity contribution in [2.45, 2.75) is 18.6 Å². The maximum Gasteiger partial charge on any atom is 0.250 e. The SMILES string of the molecule is C=C(C)Cn1c(SCC(=O)N/N=C/c2cccs2)nnc1-c1ccc(Br)cc1. The lowest BCUT2D eigenvalue weighted by atomic mass is 10.2. The minimum Gasteiger partial charge on any atom is -0.298 e. The Kier molecular flexibility index (Phi) is 7.18. The van der Waals surface area contributed by atoms with Crippen LogP contribution in [-0.2, 0) is 11.3 Å². The zero-order chi connectivity index (χ0) is 19.9. The third kappa shape index (κ3) is 5.63. The van der Waals surface area contributed by atoms with Crippen LogP contribution >= 0.6 is 39.0 Å². The molecule has 0 saturated carbocycles. The van der Waals surface area contributed by atoms with Crippen molar-refractivity contribution in [3.63, 3.8) is 0 Å². The second-order valence-corrected chi connectivity index (χ2v) is 8.79. The number of carbonyl (C=O) groups excluding carboxylic acids is 1. The van der Waals surface area contributed by atoms with Crippen LogP contribution in [0, 0.1) is 0 Å². The van der Waals surface area contributed by atoms with E-state index in [1.54, 1.807) is 17.6 Å². The van der Waals surface area contributed by atoms with E-state index in [9.17, 15) is 4.79 Å². The number of aromatic nitrogens is 3. The standard InChI is InChI=1S/C19H18BrN5OS2/c1-13(2)11-25-18(14-5-7-15(20)8-6-14)23-24-19(25)28-12-17(26)22-21-10-16-4-3-9-27-16/h3-10H,1,11-12H2,2H3,(H,22,26)/b21-10+. The molecule has 6 nitrogen and oxygen atoms in total. The first-order valence-corrected chi connectivity index (χ1v) is 11.0. The van der Waals surface area contributed by atoms with Crippen molar-refractivity contribution in [2.75, 3.05) is 5.75 Å². The molecular weight excluding hydrogens is 458 g/mol. The van der Waals surface area contributed by atoms with Gasteiger partial charge in [0.15, 0.2) is 11.0 Å². The smallest absolute Gasteiger partial charge is 0.250 e. The van der Waals surface area contributed by atoms with Gasteiger partial charge in [0.1, 0.15) is 0 Å². The lowest BCUT2D eigenvalue weighted by Crippen LogP contribution is -2.20. The molecule has 144 valence electrons. The fraction of sp³-hybridized carbons (Fsp3) is 0.158. The van der Waals surface area contributed by atoms with E-state index in [1.807, 2.05) is 53.3 Å².